The van der Waals surface area contributed by atoms with E-state index in [-0.39, 0.29) is 5.91 Å². The standard InChI is InChI=1S/C14H20N2O2S/c15-16-14(17)9-11-3-1-2-4-12(11)10-19-13-5-7-18-8-6-13/h1-4,13H,5-10,15H2,(H,16,17). The number of hydrogen-bond donors (Lipinski definition) is 2. The third-order valence-corrected chi connectivity index (χ3v) is 4.69. The summed E-state index contributed by atoms with van der Waals surface area (Å²) >= 11 is 1.96. The van der Waals surface area contributed by atoms with Crippen LogP contribution in [0.4, 0.5) is 0 Å². The van der Waals surface area contributed by atoms with E-state index in [4.69, 9.17) is 10.6 Å². The number of nitrogens with one attached hydrogen (secondary N) is 1. The van der Waals surface area contributed by atoms with E-state index in [1.807, 2.05) is 30.0 Å². The highest BCUT2D eigenvalue weighted by Gasteiger charge is 2.15. The number of rotatable bonds is 5. The first-order valence-corrected chi connectivity index (χ1v) is 7.60. The van der Waals surface area contributed by atoms with E-state index in [0.717, 1.165) is 37.4 Å². The van der Waals surface area contributed by atoms with Gasteiger partial charge in [-0.15, -0.1) is 0 Å². The van der Waals surface area contributed by atoms with E-state index >= 15 is 0 Å². The zero-order valence-corrected chi connectivity index (χ0v) is 11.7. The maximum Gasteiger partial charge on any atom is 0.238 e. The topological polar surface area (TPSA) is 64.3 Å². The average Bonchev–Trinajstić information content (AvgIpc) is 2.47. The monoisotopic (exact) mass is 280 g/mol. The van der Waals surface area contributed by atoms with Gasteiger partial charge in [0.15, 0.2) is 0 Å². The quantitative estimate of drug-likeness (QED) is 0.489. The first kappa shape index (κ1) is 14.4. The molecule has 1 fully saturated rings. The molecule has 3 N–H and O–H groups in total. The molecule has 1 amide bonds. The zero-order valence-electron chi connectivity index (χ0n) is 10.9. The predicted octanol–water partition coefficient (Wildman–Crippen LogP) is 1.63. The zero-order chi connectivity index (χ0) is 13.5. The molecule has 2 rings (SSSR count). The smallest absolute Gasteiger partial charge is 0.238 e. The van der Waals surface area contributed by atoms with Crippen molar-refractivity contribution < 1.29 is 9.53 Å². The third kappa shape index (κ3) is 4.53. The Morgan fingerprint density at radius 2 is 2.00 bits per heavy atom. The average molecular weight is 280 g/mol. The van der Waals surface area contributed by atoms with Gasteiger partial charge in [0, 0.05) is 24.2 Å². The Hall–Kier alpha value is -1.04. The summed E-state index contributed by atoms with van der Waals surface area (Å²) in [5.74, 6) is 5.94. The van der Waals surface area contributed by atoms with Crippen molar-refractivity contribution in [1.82, 2.24) is 5.43 Å². The van der Waals surface area contributed by atoms with Crippen LogP contribution in [0.25, 0.3) is 0 Å². The van der Waals surface area contributed by atoms with Crippen LogP contribution in [0.5, 0.6) is 0 Å². The number of carbonyl (C=O) groups excluding carboxylic acids is 1. The fourth-order valence-corrected chi connectivity index (χ4v) is 3.37. The molecule has 1 aromatic rings. The molecule has 0 aromatic heterocycles. The molecule has 1 heterocycles. The largest absolute Gasteiger partial charge is 0.381 e. The van der Waals surface area contributed by atoms with Gasteiger partial charge in [0.05, 0.1) is 6.42 Å². The van der Waals surface area contributed by atoms with Crippen LogP contribution in [0.2, 0.25) is 0 Å². The van der Waals surface area contributed by atoms with Crippen molar-refractivity contribution in [3.8, 4) is 0 Å². The summed E-state index contributed by atoms with van der Waals surface area (Å²) in [7, 11) is 0. The molecule has 1 aliphatic heterocycles. The summed E-state index contributed by atoms with van der Waals surface area (Å²) in [6.45, 7) is 1.74. The van der Waals surface area contributed by atoms with Crippen molar-refractivity contribution in [3.63, 3.8) is 0 Å². The first-order valence-electron chi connectivity index (χ1n) is 6.55. The number of hydrogen-bond acceptors (Lipinski definition) is 4. The highest BCUT2D eigenvalue weighted by molar-refractivity contribution is 7.99. The summed E-state index contributed by atoms with van der Waals surface area (Å²) in [6, 6.07) is 8.06. The van der Waals surface area contributed by atoms with Crippen molar-refractivity contribution in [1.29, 1.82) is 0 Å². The Morgan fingerprint density at radius 1 is 1.32 bits per heavy atom. The SMILES string of the molecule is NNC(=O)Cc1ccccc1CSC1CCOCC1. The molecule has 1 aliphatic rings. The molecule has 5 heteroatoms. The van der Waals surface area contributed by atoms with Gasteiger partial charge < -0.3 is 4.74 Å². The number of benzene rings is 1. The van der Waals surface area contributed by atoms with Crippen LogP contribution in [0.1, 0.15) is 24.0 Å². The van der Waals surface area contributed by atoms with Gasteiger partial charge in [0.2, 0.25) is 5.91 Å². The summed E-state index contributed by atoms with van der Waals surface area (Å²) in [5.41, 5.74) is 4.47. The molecule has 0 radical (unpaired) electrons. The molecule has 0 unspecified atom stereocenters. The number of carbonyl (C=O) groups is 1. The van der Waals surface area contributed by atoms with E-state index in [9.17, 15) is 4.79 Å². The van der Waals surface area contributed by atoms with E-state index in [2.05, 4.69) is 11.5 Å². The molecule has 104 valence electrons. The van der Waals surface area contributed by atoms with Gasteiger partial charge in [-0.05, 0) is 24.0 Å². The van der Waals surface area contributed by atoms with Crippen molar-refractivity contribution in [2.75, 3.05) is 13.2 Å². The number of amides is 1. The second-order valence-electron chi connectivity index (χ2n) is 4.64. The van der Waals surface area contributed by atoms with Crippen molar-refractivity contribution in [2.24, 2.45) is 5.84 Å². The molecular formula is C14H20N2O2S. The lowest BCUT2D eigenvalue weighted by Crippen LogP contribution is -2.31. The van der Waals surface area contributed by atoms with Crippen LogP contribution in [0.3, 0.4) is 0 Å². The predicted molar refractivity (Wildman–Crippen MR) is 77.6 cm³/mol. The fraction of sp³-hybridized carbons (Fsp3) is 0.500. The number of hydrazine groups is 1. The van der Waals surface area contributed by atoms with Gasteiger partial charge in [-0.2, -0.15) is 11.8 Å². The molecule has 4 nitrogen and oxygen atoms in total. The van der Waals surface area contributed by atoms with Crippen molar-refractivity contribution in [3.05, 3.63) is 35.4 Å². The minimum Gasteiger partial charge on any atom is -0.381 e. The van der Waals surface area contributed by atoms with Gasteiger partial charge in [-0.25, -0.2) is 5.84 Å². The van der Waals surface area contributed by atoms with Crippen molar-refractivity contribution >= 4 is 17.7 Å². The Bertz CT molecular complexity index is 420. The molecule has 1 saturated heterocycles. The van der Waals surface area contributed by atoms with Crippen LogP contribution in [-0.4, -0.2) is 24.4 Å². The molecule has 0 saturated carbocycles. The van der Waals surface area contributed by atoms with Gasteiger partial charge in [0.25, 0.3) is 0 Å². The fourth-order valence-electron chi connectivity index (χ4n) is 2.15. The van der Waals surface area contributed by atoms with Crippen LogP contribution in [0, 0.1) is 0 Å². The summed E-state index contributed by atoms with van der Waals surface area (Å²) in [6.07, 6.45) is 2.59. The first-order chi connectivity index (χ1) is 9.29. The van der Waals surface area contributed by atoms with Crippen LogP contribution < -0.4 is 11.3 Å². The minimum absolute atomic E-state index is 0.150. The Balaban J connectivity index is 1.93. The van der Waals surface area contributed by atoms with Crippen LogP contribution >= 0.6 is 11.8 Å². The van der Waals surface area contributed by atoms with Gasteiger partial charge in [-0.1, -0.05) is 24.3 Å². The molecular weight excluding hydrogens is 260 g/mol. The highest BCUT2D eigenvalue weighted by Crippen LogP contribution is 2.26. The molecule has 0 atom stereocenters. The molecule has 19 heavy (non-hydrogen) atoms. The lowest BCUT2D eigenvalue weighted by molar-refractivity contribution is -0.120. The summed E-state index contributed by atoms with van der Waals surface area (Å²) in [5, 5.41) is 0.671. The normalized spacial score (nSPS) is 16.3. The Labute approximate surface area is 118 Å². The van der Waals surface area contributed by atoms with Gasteiger partial charge >= 0.3 is 0 Å². The van der Waals surface area contributed by atoms with E-state index < -0.39 is 0 Å². The Kier molecular flexibility index (Phi) is 5.69. The van der Waals surface area contributed by atoms with Gasteiger partial charge in [0.1, 0.15) is 0 Å². The maximum absolute atomic E-state index is 11.4. The number of nitrogens with two attached hydrogens (primary N) is 1. The maximum atomic E-state index is 11.4. The lowest BCUT2D eigenvalue weighted by Gasteiger charge is -2.21. The van der Waals surface area contributed by atoms with Crippen LogP contribution in [-0.2, 0) is 21.7 Å². The molecule has 0 spiro atoms. The summed E-state index contributed by atoms with van der Waals surface area (Å²) < 4.78 is 5.36. The lowest BCUT2D eigenvalue weighted by atomic mass is 10.1. The molecule has 0 aliphatic carbocycles. The minimum atomic E-state index is -0.150. The number of thioether (sulfide) groups is 1. The third-order valence-electron chi connectivity index (χ3n) is 3.27. The second kappa shape index (κ2) is 7.53. The van der Waals surface area contributed by atoms with E-state index in [0.29, 0.717) is 11.7 Å². The van der Waals surface area contributed by atoms with Crippen molar-refractivity contribution in [2.45, 2.75) is 30.3 Å². The second-order valence-corrected chi connectivity index (χ2v) is 5.92. The van der Waals surface area contributed by atoms with Crippen LogP contribution in [0.15, 0.2) is 24.3 Å². The van der Waals surface area contributed by atoms with Gasteiger partial charge in [-0.3, -0.25) is 10.2 Å². The molecule has 1 aromatic carbocycles. The highest BCUT2D eigenvalue weighted by atomic mass is 32.2. The van der Waals surface area contributed by atoms with E-state index in [1.165, 1.54) is 5.56 Å². The molecule has 0 bridgehead atoms. The number of ether oxygens (including phenoxy) is 1. The Morgan fingerprint density at radius 3 is 2.68 bits per heavy atom. The van der Waals surface area contributed by atoms with E-state index in [1.54, 1.807) is 0 Å². The summed E-state index contributed by atoms with van der Waals surface area (Å²) in [4.78, 5) is 11.4.